The second kappa shape index (κ2) is 7.97. The van der Waals surface area contributed by atoms with Gasteiger partial charge < -0.3 is 9.47 Å². The van der Waals surface area contributed by atoms with Gasteiger partial charge in [0.25, 0.3) is 0 Å². The molecule has 0 aliphatic carbocycles. The highest BCUT2D eigenvalue weighted by Crippen LogP contribution is 2.29. The lowest BCUT2D eigenvalue weighted by atomic mass is 9.95. The Labute approximate surface area is 163 Å². The molecule has 0 spiro atoms. The molecule has 144 valence electrons. The lowest BCUT2D eigenvalue weighted by molar-refractivity contribution is -0.131. The minimum Gasteiger partial charge on any atom is -0.342 e. The molecule has 1 amide bonds. The first-order chi connectivity index (χ1) is 13.1. The van der Waals surface area contributed by atoms with E-state index >= 15 is 0 Å². The predicted molar refractivity (Wildman–Crippen MR) is 101 cm³/mol. The third kappa shape index (κ3) is 4.00. The Morgan fingerprint density at radius 2 is 1.96 bits per heavy atom. The predicted octanol–water partition coefficient (Wildman–Crippen LogP) is 3.75. The van der Waals surface area contributed by atoms with E-state index in [1.54, 1.807) is 6.07 Å². The van der Waals surface area contributed by atoms with Gasteiger partial charge in [0.1, 0.15) is 17.5 Å². The summed E-state index contributed by atoms with van der Waals surface area (Å²) in [6.07, 6.45) is 6.67. The van der Waals surface area contributed by atoms with E-state index in [-0.39, 0.29) is 18.1 Å². The fourth-order valence-electron chi connectivity index (χ4n) is 4.14. The number of halogens is 2. The number of likely N-dealkylation sites (tertiary alicyclic amines) is 1. The Morgan fingerprint density at radius 3 is 2.74 bits per heavy atom. The number of amides is 1. The van der Waals surface area contributed by atoms with Crippen molar-refractivity contribution in [3.8, 4) is 0 Å². The molecule has 0 radical (unpaired) electrons. The van der Waals surface area contributed by atoms with Gasteiger partial charge >= 0.3 is 0 Å². The minimum atomic E-state index is -0.385. The van der Waals surface area contributed by atoms with Crippen LogP contribution in [-0.4, -0.2) is 38.7 Å². The van der Waals surface area contributed by atoms with Crippen molar-refractivity contribution in [1.29, 1.82) is 0 Å². The third-order valence-corrected chi connectivity index (χ3v) is 6.06. The Kier molecular flexibility index (Phi) is 5.43. The summed E-state index contributed by atoms with van der Waals surface area (Å²) in [7, 11) is 0. The number of carbonyl (C=O) groups excluding carboxylic acids is 1. The minimum absolute atomic E-state index is 0.0435. The van der Waals surface area contributed by atoms with Crippen LogP contribution in [0.1, 0.15) is 55.2 Å². The highest BCUT2D eigenvalue weighted by molar-refractivity contribution is 6.31. The molecule has 0 N–H and O–H groups in total. The molecule has 2 aromatic rings. The van der Waals surface area contributed by atoms with Gasteiger partial charge in [-0.2, -0.15) is 0 Å². The molecule has 1 aromatic heterocycles. The molecule has 1 aromatic carbocycles. The van der Waals surface area contributed by atoms with Gasteiger partial charge in [-0.1, -0.05) is 24.1 Å². The molecule has 27 heavy (non-hydrogen) atoms. The van der Waals surface area contributed by atoms with Crippen LogP contribution in [-0.2, 0) is 24.2 Å². The van der Waals surface area contributed by atoms with Crippen LogP contribution in [0.4, 0.5) is 4.39 Å². The summed E-state index contributed by atoms with van der Waals surface area (Å²) in [4.78, 5) is 14.5. The fraction of sp³-hybridized carbons (Fsp3) is 0.550. The first kappa shape index (κ1) is 18.4. The Balaban J connectivity index is 1.37. The number of fused-ring (bicyclic) bond motifs is 1. The van der Waals surface area contributed by atoms with Gasteiger partial charge in [-0.15, -0.1) is 10.2 Å². The molecule has 5 nitrogen and oxygen atoms in total. The van der Waals surface area contributed by atoms with E-state index in [1.807, 2.05) is 4.90 Å². The molecule has 1 fully saturated rings. The molecule has 0 bridgehead atoms. The van der Waals surface area contributed by atoms with Gasteiger partial charge in [0, 0.05) is 37.0 Å². The molecule has 3 heterocycles. The first-order valence-electron chi connectivity index (χ1n) is 9.75. The van der Waals surface area contributed by atoms with Gasteiger partial charge in [0.05, 0.1) is 6.42 Å². The summed E-state index contributed by atoms with van der Waals surface area (Å²) in [6.45, 7) is 2.44. The lowest BCUT2D eigenvalue weighted by Gasteiger charge is -2.32. The Bertz CT molecular complexity index is 829. The van der Waals surface area contributed by atoms with Crippen molar-refractivity contribution >= 4 is 17.5 Å². The summed E-state index contributed by atoms with van der Waals surface area (Å²) in [6, 6.07) is 4.19. The fourth-order valence-corrected chi connectivity index (χ4v) is 4.37. The van der Waals surface area contributed by atoms with Crippen molar-refractivity contribution in [2.75, 3.05) is 13.1 Å². The van der Waals surface area contributed by atoms with Gasteiger partial charge in [-0.3, -0.25) is 4.79 Å². The van der Waals surface area contributed by atoms with Gasteiger partial charge in [0.2, 0.25) is 5.91 Å². The lowest BCUT2D eigenvalue weighted by Crippen LogP contribution is -2.39. The zero-order valence-electron chi connectivity index (χ0n) is 15.3. The maximum absolute atomic E-state index is 13.2. The smallest absolute Gasteiger partial charge is 0.227 e. The van der Waals surface area contributed by atoms with Gasteiger partial charge in [-0.25, -0.2) is 4.39 Å². The van der Waals surface area contributed by atoms with Crippen LogP contribution >= 0.6 is 11.6 Å². The molecule has 0 unspecified atom stereocenters. The van der Waals surface area contributed by atoms with E-state index in [0.29, 0.717) is 29.6 Å². The number of aryl methyl sites for hydroxylation is 1. The SMILES string of the molecule is O=C(Cc1ccc(F)cc1Cl)N1CCC(c2nnc3n2CCCCC3)CC1. The Hall–Kier alpha value is -1.95. The molecule has 7 heteroatoms. The van der Waals surface area contributed by atoms with E-state index in [1.165, 1.54) is 31.4 Å². The largest absolute Gasteiger partial charge is 0.342 e. The molecule has 4 rings (SSSR count). The van der Waals surface area contributed by atoms with E-state index < -0.39 is 0 Å². The van der Waals surface area contributed by atoms with E-state index in [9.17, 15) is 9.18 Å². The highest BCUT2D eigenvalue weighted by Gasteiger charge is 2.28. The van der Waals surface area contributed by atoms with Crippen LogP contribution in [0.2, 0.25) is 5.02 Å². The third-order valence-electron chi connectivity index (χ3n) is 5.71. The van der Waals surface area contributed by atoms with Crippen molar-refractivity contribution < 1.29 is 9.18 Å². The number of aromatic nitrogens is 3. The van der Waals surface area contributed by atoms with Crippen LogP contribution in [0.15, 0.2) is 18.2 Å². The normalized spacial score (nSPS) is 18.2. The number of hydrogen-bond donors (Lipinski definition) is 0. The van der Waals surface area contributed by atoms with E-state index in [2.05, 4.69) is 14.8 Å². The van der Waals surface area contributed by atoms with E-state index in [4.69, 9.17) is 11.6 Å². The molecule has 2 aliphatic heterocycles. The average molecular weight is 391 g/mol. The maximum atomic E-state index is 13.2. The number of rotatable bonds is 3. The van der Waals surface area contributed by atoms with Crippen LogP contribution in [0.3, 0.4) is 0 Å². The summed E-state index contributed by atoms with van der Waals surface area (Å²) >= 11 is 6.06. The van der Waals surface area contributed by atoms with Gasteiger partial charge in [0.15, 0.2) is 0 Å². The molecule has 0 atom stereocenters. The average Bonchev–Trinajstić information content (AvgIpc) is 2.92. The van der Waals surface area contributed by atoms with Crippen LogP contribution in [0.5, 0.6) is 0 Å². The summed E-state index contributed by atoms with van der Waals surface area (Å²) in [5, 5.41) is 9.19. The molecule has 2 aliphatic rings. The van der Waals surface area contributed by atoms with Crippen molar-refractivity contribution in [3.63, 3.8) is 0 Å². The number of piperidine rings is 1. The number of hydrogen-bond acceptors (Lipinski definition) is 3. The number of benzene rings is 1. The zero-order valence-corrected chi connectivity index (χ0v) is 16.1. The van der Waals surface area contributed by atoms with Crippen molar-refractivity contribution in [3.05, 3.63) is 46.3 Å². The van der Waals surface area contributed by atoms with Crippen molar-refractivity contribution in [2.24, 2.45) is 0 Å². The van der Waals surface area contributed by atoms with E-state index in [0.717, 1.165) is 37.5 Å². The van der Waals surface area contributed by atoms with Crippen LogP contribution < -0.4 is 0 Å². The summed E-state index contributed by atoms with van der Waals surface area (Å²) < 4.78 is 15.5. The van der Waals surface area contributed by atoms with Crippen LogP contribution in [0.25, 0.3) is 0 Å². The zero-order chi connectivity index (χ0) is 18.8. The molecule has 0 saturated carbocycles. The standard InChI is InChI=1S/C20H24ClFN4O/c21-17-13-16(22)6-5-15(17)12-19(27)25-10-7-14(8-11-25)20-24-23-18-4-2-1-3-9-26(18)20/h5-6,13-14H,1-4,7-12H2. The molecular weight excluding hydrogens is 367 g/mol. The number of nitrogens with zero attached hydrogens (tertiary/aromatic N) is 4. The highest BCUT2D eigenvalue weighted by atomic mass is 35.5. The van der Waals surface area contributed by atoms with Crippen molar-refractivity contribution in [2.45, 2.75) is 57.4 Å². The second-order valence-electron chi connectivity index (χ2n) is 7.50. The monoisotopic (exact) mass is 390 g/mol. The van der Waals surface area contributed by atoms with Crippen molar-refractivity contribution in [1.82, 2.24) is 19.7 Å². The first-order valence-corrected chi connectivity index (χ1v) is 10.1. The summed E-state index contributed by atoms with van der Waals surface area (Å²) in [5.41, 5.74) is 0.674. The second-order valence-corrected chi connectivity index (χ2v) is 7.91. The molecular formula is C20H24ClFN4O. The Morgan fingerprint density at radius 1 is 1.15 bits per heavy atom. The van der Waals surface area contributed by atoms with Gasteiger partial charge in [-0.05, 0) is 43.4 Å². The van der Waals surface area contributed by atoms with Crippen LogP contribution in [0, 0.1) is 5.82 Å². The quantitative estimate of drug-likeness (QED) is 0.802. The number of carbonyl (C=O) groups is 1. The molecule has 1 saturated heterocycles. The maximum Gasteiger partial charge on any atom is 0.227 e. The topological polar surface area (TPSA) is 51.0 Å². The summed E-state index contributed by atoms with van der Waals surface area (Å²) in [5.74, 6) is 2.24.